The van der Waals surface area contributed by atoms with Crippen LogP contribution in [0.3, 0.4) is 0 Å². The van der Waals surface area contributed by atoms with Crippen molar-refractivity contribution in [2.45, 2.75) is 6.42 Å². The molecular formula is C15H12N2O2. The Bertz CT molecular complexity index is 655. The number of hydrogen-bond donors (Lipinski definition) is 2. The van der Waals surface area contributed by atoms with Crippen molar-refractivity contribution in [3.05, 3.63) is 64.7 Å². The summed E-state index contributed by atoms with van der Waals surface area (Å²) in [5.74, 6) is -1.03. The molecule has 4 heteroatoms. The van der Waals surface area contributed by atoms with E-state index in [1.807, 2.05) is 12.1 Å². The first-order valence-electron chi connectivity index (χ1n) is 5.71. The van der Waals surface area contributed by atoms with E-state index in [1.54, 1.807) is 24.3 Å². The molecule has 0 unspecified atom stereocenters. The van der Waals surface area contributed by atoms with E-state index in [9.17, 15) is 4.79 Å². The molecule has 0 saturated heterocycles. The Morgan fingerprint density at radius 3 is 2.47 bits per heavy atom. The first-order valence-corrected chi connectivity index (χ1v) is 5.71. The predicted octanol–water partition coefficient (Wildman–Crippen LogP) is 2.43. The lowest BCUT2D eigenvalue weighted by molar-refractivity contribution is 0.0698. The Morgan fingerprint density at radius 1 is 1.21 bits per heavy atom. The number of para-hydroxylation sites is 1. The summed E-state index contributed by atoms with van der Waals surface area (Å²) < 4.78 is 0. The Kier molecular flexibility index (Phi) is 3.48. The van der Waals surface area contributed by atoms with Crippen molar-refractivity contribution in [2.75, 3.05) is 5.73 Å². The van der Waals surface area contributed by atoms with Gasteiger partial charge in [0.05, 0.1) is 17.2 Å². The van der Waals surface area contributed by atoms with Crippen LogP contribution in [0.25, 0.3) is 0 Å². The smallest absolute Gasteiger partial charge is 0.337 e. The van der Waals surface area contributed by atoms with Crippen molar-refractivity contribution < 1.29 is 9.90 Å². The van der Waals surface area contributed by atoms with Crippen LogP contribution in [0.4, 0.5) is 5.69 Å². The standard InChI is InChI=1S/C15H12N2O2/c16-9-11-6-4-10(5-7-11)8-12-2-1-3-13(14(12)17)15(18)19/h1-7H,8,17H2,(H,18,19). The second kappa shape index (κ2) is 5.23. The maximum absolute atomic E-state index is 11.0. The fourth-order valence-electron chi connectivity index (χ4n) is 1.87. The van der Waals surface area contributed by atoms with Gasteiger partial charge in [-0.1, -0.05) is 24.3 Å². The molecule has 0 fully saturated rings. The second-order valence-electron chi connectivity index (χ2n) is 4.17. The Labute approximate surface area is 110 Å². The number of nitrogens with zero attached hydrogens (tertiary/aromatic N) is 1. The molecule has 0 aliphatic rings. The summed E-state index contributed by atoms with van der Waals surface area (Å²) in [4.78, 5) is 11.0. The quantitative estimate of drug-likeness (QED) is 0.821. The summed E-state index contributed by atoms with van der Waals surface area (Å²) in [7, 11) is 0. The molecule has 0 bridgehead atoms. The molecule has 0 spiro atoms. The van der Waals surface area contributed by atoms with Crippen molar-refractivity contribution in [1.29, 1.82) is 5.26 Å². The molecule has 3 N–H and O–H groups in total. The molecule has 4 nitrogen and oxygen atoms in total. The van der Waals surface area contributed by atoms with Crippen molar-refractivity contribution in [1.82, 2.24) is 0 Å². The van der Waals surface area contributed by atoms with Gasteiger partial charge in [0.25, 0.3) is 0 Å². The molecule has 2 aromatic carbocycles. The minimum absolute atomic E-state index is 0.117. The summed E-state index contributed by atoms with van der Waals surface area (Å²) in [6, 6.07) is 14.2. The largest absolute Gasteiger partial charge is 0.478 e. The molecule has 19 heavy (non-hydrogen) atoms. The number of nitriles is 1. The number of nitrogen functional groups attached to an aromatic ring is 1. The summed E-state index contributed by atoms with van der Waals surface area (Å²) >= 11 is 0. The third-order valence-electron chi connectivity index (χ3n) is 2.90. The maximum atomic E-state index is 11.0. The van der Waals surface area contributed by atoms with Gasteiger partial charge in [0, 0.05) is 5.69 Å². The van der Waals surface area contributed by atoms with Gasteiger partial charge in [0.2, 0.25) is 0 Å². The number of carbonyl (C=O) groups is 1. The van der Waals surface area contributed by atoms with Crippen LogP contribution in [-0.2, 0) is 6.42 Å². The number of carboxylic acids is 1. The number of rotatable bonds is 3. The van der Waals surface area contributed by atoms with E-state index >= 15 is 0 Å². The fourth-order valence-corrected chi connectivity index (χ4v) is 1.87. The second-order valence-corrected chi connectivity index (χ2v) is 4.17. The van der Waals surface area contributed by atoms with Gasteiger partial charge in [0.1, 0.15) is 0 Å². The summed E-state index contributed by atoms with van der Waals surface area (Å²) in [6.07, 6.45) is 0.540. The average molecular weight is 252 g/mol. The van der Waals surface area contributed by atoms with Crippen molar-refractivity contribution in [2.24, 2.45) is 0 Å². The Balaban J connectivity index is 2.30. The lowest BCUT2D eigenvalue weighted by atomic mass is 9.99. The average Bonchev–Trinajstić information content (AvgIpc) is 2.41. The highest BCUT2D eigenvalue weighted by atomic mass is 16.4. The summed E-state index contributed by atoms with van der Waals surface area (Å²) in [5.41, 5.74) is 8.60. The molecule has 94 valence electrons. The number of anilines is 1. The molecule has 0 aromatic heterocycles. The van der Waals surface area contributed by atoms with Crippen LogP contribution in [0.5, 0.6) is 0 Å². The van der Waals surface area contributed by atoms with Gasteiger partial charge in [-0.3, -0.25) is 0 Å². The van der Waals surface area contributed by atoms with Gasteiger partial charge in [-0.15, -0.1) is 0 Å². The molecule has 0 aliphatic carbocycles. The van der Waals surface area contributed by atoms with E-state index < -0.39 is 5.97 Å². The van der Waals surface area contributed by atoms with E-state index in [0.29, 0.717) is 17.7 Å². The van der Waals surface area contributed by atoms with Crippen LogP contribution < -0.4 is 5.73 Å². The molecule has 0 radical (unpaired) electrons. The lowest BCUT2D eigenvalue weighted by Gasteiger charge is -2.08. The minimum atomic E-state index is -1.03. The van der Waals surface area contributed by atoms with Gasteiger partial charge >= 0.3 is 5.97 Å². The molecule has 0 heterocycles. The summed E-state index contributed by atoms with van der Waals surface area (Å²) in [6.45, 7) is 0. The maximum Gasteiger partial charge on any atom is 0.337 e. The third-order valence-corrected chi connectivity index (χ3v) is 2.90. The summed E-state index contributed by atoms with van der Waals surface area (Å²) in [5, 5.41) is 17.7. The first kappa shape index (κ1) is 12.7. The first-order chi connectivity index (χ1) is 9.11. The Hall–Kier alpha value is -2.80. The fraction of sp³-hybridized carbons (Fsp3) is 0.0667. The highest BCUT2D eigenvalue weighted by Crippen LogP contribution is 2.21. The minimum Gasteiger partial charge on any atom is -0.478 e. The van der Waals surface area contributed by atoms with Gasteiger partial charge in [0.15, 0.2) is 0 Å². The van der Waals surface area contributed by atoms with Gasteiger partial charge in [-0.25, -0.2) is 4.79 Å². The lowest BCUT2D eigenvalue weighted by Crippen LogP contribution is -2.05. The molecule has 2 aromatic rings. The van der Waals surface area contributed by atoms with Gasteiger partial charge in [-0.2, -0.15) is 5.26 Å². The molecule has 0 amide bonds. The van der Waals surface area contributed by atoms with Crippen LogP contribution in [-0.4, -0.2) is 11.1 Å². The highest BCUT2D eigenvalue weighted by Gasteiger charge is 2.11. The van der Waals surface area contributed by atoms with E-state index in [4.69, 9.17) is 16.1 Å². The number of aromatic carboxylic acids is 1. The van der Waals surface area contributed by atoms with Crippen molar-refractivity contribution >= 4 is 11.7 Å². The van der Waals surface area contributed by atoms with E-state index in [-0.39, 0.29) is 5.56 Å². The molecule has 2 rings (SSSR count). The van der Waals surface area contributed by atoms with E-state index in [2.05, 4.69) is 6.07 Å². The van der Waals surface area contributed by atoms with Crippen LogP contribution in [0.1, 0.15) is 27.0 Å². The van der Waals surface area contributed by atoms with Crippen molar-refractivity contribution in [3.63, 3.8) is 0 Å². The zero-order valence-electron chi connectivity index (χ0n) is 10.1. The zero-order valence-corrected chi connectivity index (χ0v) is 10.1. The number of carboxylic acid groups (broad SMARTS) is 1. The van der Waals surface area contributed by atoms with Crippen molar-refractivity contribution in [3.8, 4) is 6.07 Å². The van der Waals surface area contributed by atoms with Crippen LogP contribution >= 0.6 is 0 Å². The van der Waals surface area contributed by atoms with Crippen LogP contribution in [0.2, 0.25) is 0 Å². The van der Waals surface area contributed by atoms with Crippen LogP contribution in [0, 0.1) is 11.3 Å². The van der Waals surface area contributed by atoms with E-state index in [0.717, 1.165) is 11.1 Å². The highest BCUT2D eigenvalue weighted by molar-refractivity contribution is 5.94. The van der Waals surface area contributed by atoms with Crippen LogP contribution in [0.15, 0.2) is 42.5 Å². The third kappa shape index (κ3) is 2.72. The Morgan fingerprint density at radius 2 is 1.89 bits per heavy atom. The number of nitrogens with two attached hydrogens (primary N) is 1. The predicted molar refractivity (Wildman–Crippen MR) is 71.8 cm³/mol. The number of hydrogen-bond acceptors (Lipinski definition) is 3. The SMILES string of the molecule is N#Cc1ccc(Cc2cccc(C(=O)O)c2N)cc1. The zero-order chi connectivity index (χ0) is 13.8. The molecule has 0 saturated carbocycles. The molecule has 0 aliphatic heterocycles. The topological polar surface area (TPSA) is 87.1 Å². The monoisotopic (exact) mass is 252 g/mol. The normalized spacial score (nSPS) is 9.84. The van der Waals surface area contributed by atoms with E-state index in [1.165, 1.54) is 6.07 Å². The van der Waals surface area contributed by atoms with Gasteiger partial charge in [-0.05, 0) is 35.7 Å². The molecular weight excluding hydrogens is 240 g/mol. The van der Waals surface area contributed by atoms with Gasteiger partial charge < -0.3 is 10.8 Å². The molecule has 0 atom stereocenters. The number of benzene rings is 2.